The summed E-state index contributed by atoms with van der Waals surface area (Å²) in [5, 5.41) is 8.72. The zero-order chi connectivity index (χ0) is 13.1. The maximum absolute atomic E-state index is 11.6. The van der Waals surface area contributed by atoms with Crippen LogP contribution in [-0.4, -0.2) is 35.5 Å². The minimum atomic E-state index is -0.537. The lowest BCUT2D eigenvalue weighted by Crippen LogP contribution is -2.43. The summed E-state index contributed by atoms with van der Waals surface area (Å²) in [7, 11) is 0. The van der Waals surface area contributed by atoms with Gasteiger partial charge in [-0.3, -0.25) is 9.59 Å². The first-order chi connectivity index (χ1) is 7.81. The zero-order valence-electron chi connectivity index (χ0n) is 10.5. The first-order valence-corrected chi connectivity index (χ1v) is 5.71. The summed E-state index contributed by atoms with van der Waals surface area (Å²) < 4.78 is 5.14. The third-order valence-electron chi connectivity index (χ3n) is 2.44. The van der Waals surface area contributed by atoms with Crippen molar-refractivity contribution in [3.63, 3.8) is 0 Å². The van der Waals surface area contributed by atoms with E-state index < -0.39 is 11.6 Å². The highest BCUT2D eigenvalue weighted by Crippen LogP contribution is 2.17. The van der Waals surface area contributed by atoms with Crippen LogP contribution in [0.4, 0.5) is 0 Å². The van der Waals surface area contributed by atoms with Crippen molar-refractivity contribution in [2.45, 2.75) is 39.2 Å². The number of nitriles is 1. The van der Waals surface area contributed by atoms with Crippen LogP contribution in [-0.2, 0) is 14.3 Å². The van der Waals surface area contributed by atoms with Crippen LogP contribution in [0, 0.1) is 17.2 Å². The Kier molecular flexibility index (Phi) is 4.11. The van der Waals surface area contributed by atoms with Crippen molar-refractivity contribution in [3.05, 3.63) is 0 Å². The molecule has 1 aliphatic heterocycles. The molecule has 0 spiro atoms. The number of esters is 1. The fraction of sp³-hybridized carbons (Fsp3) is 0.750. The Morgan fingerprint density at radius 3 is 2.71 bits per heavy atom. The molecule has 0 aromatic carbocycles. The number of ether oxygens (including phenoxy) is 1. The molecule has 5 nitrogen and oxygen atoms in total. The molecule has 1 amide bonds. The lowest BCUT2D eigenvalue weighted by atomic mass is 9.98. The van der Waals surface area contributed by atoms with E-state index in [0.717, 1.165) is 0 Å². The normalized spacial score (nSPS) is 20.9. The predicted molar refractivity (Wildman–Crippen MR) is 60.8 cm³/mol. The van der Waals surface area contributed by atoms with Gasteiger partial charge in [0.1, 0.15) is 12.1 Å². The fourth-order valence-corrected chi connectivity index (χ4v) is 1.69. The molecule has 1 saturated heterocycles. The van der Waals surface area contributed by atoms with E-state index in [1.807, 2.05) is 0 Å². The molecule has 0 aromatic rings. The number of hydrogen-bond donors (Lipinski definition) is 0. The second kappa shape index (κ2) is 5.17. The quantitative estimate of drug-likeness (QED) is 0.675. The lowest BCUT2D eigenvalue weighted by Gasteiger charge is -2.29. The standard InChI is InChI=1S/C12H18N2O3/c1-12(2,3)17-11(16)8-14-5-4-9(7-13)6-10(14)15/h9H,4-6,8H2,1-3H3. The lowest BCUT2D eigenvalue weighted by molar-refractivity contribution is -0.159. The van der Waals surface area contributed by atoms with Crippen molar-refractivity contribution in [3.8, 4) is 6.07 Å². The molecule has 0 bridgehead atoms. The van der Waals surface area contributed by atoms with Crippen LogP contribution in [0.1, 0.15) is 33.6 Å². The van der Waals surface area contributed by atoms with Crippen LogP contribution in [0.25, 0.3) is 0 Å². The Bertz CT molecular complexity index is 352. The number of amides is 1. The molecule has 1 fully saturated rings. The van der Waals surface area contributed by atoms with Crippen LogP contribution in [0.3, 0.4) is 0 Å². The van der Waals surface area contributed by atoms with E-state index in [0.29, 0.717) is 13.0 Å². The van der Waals surface area contributed by atoms with Gasteiger partial charge < -0.3 is 9.64 Å². The first-order valence-electron chi connectivity index (χ1n) is 5.71. The van der Waals surface area contributed by atoms with Gasteiger partial charge in [-0.25, -0.2) is 0 Å². The molecule has 1 unspecified atom stereocenters. The van der Waals surface area contributed by atoms with Crippen LogP contribution < -0.4 is 0 Å². The van der Waals surface area contributed by atoms with Gasteiger partial charge in [-0.2, -0.15) is 5.26 Å². The highest BCUT2D eigenvalue weighted by molar-refractivity contribution is 5.83. The molecule has 0 saturated carbocycles. The van der Waals surface area contributed by atoms with Gasteiger partial charge in [-0.15, -0.1) is 0 Å². The molecule has 0 aliphatic carbocycles. The number of carbonyl (C=O) groups excluding carboxylic acids is 2. The number of nitrogens with zero attached hydrogens (tertiary/aromatic N) is 2. The molecular weight excluding hydrogens is 220 g/mol. The Morgan fingerprint density at radius 2 is 2.24 bits per heavy atom. The van der Waals surface area contributed by atoms with Gasteiger partial charge in [0.25, 0.3) is 0 Å². The number of piperidine rings is 1. The van der Waals surface area contributed by atoms with Gasteiger partial charge in [0.15, 0.2) is 0 Å². The summed E-state index contributed by atoms with van der Waals surface area (Å²) in [6.07, 6.45) is 0.838. The van der Waals surface area contributed by atoms with Gasteiger partial charge in [0, 0.05) is 13.0 Å². The van der Waals surface area contributed by atoms with Gasteiger partial charge in [0.05, 0.1) is 12.0 Å². The summed E-state index contributed by atoms with van der Waals surface area (Å²) >= 11 is 0. The largest absolute Gasteiger partial charge is 0.459 e. The van der Waals surface area contributed by atoms with Gasteiger partial charge >= 0.3 is 5.97 Å². The molecule has 17 heavy (non-hydrogen) atoms. The molecule has 1 rings (SSSR count). The zero-order valence-corrected chi connectivity index (χ0v) is 10.5. The van der Waals surface area contributed by atoms with Crippen LogP contribution in [0.5, 0.6) is 0 Å². The Hall–Kier alpha value is -1.57. The summed E-state index contributed by atoms with van der Waals surface area (Å²) in [6.45, 7) is 5.79. The van der Waals surface area contributed by atoms with Crippen LogP contribution in [0.15, 0.2) is 0 Å². The molecule has 0 N–H and O–H groups in total. The Morgan fingerprint density at radius 1 is 1.59 bits per heavy atom. The Balaban J connectivity index is 2.46. The van der Waals surface area contributed by atoms with E-state index >= 15 is 0 Å². The number of likely N-dealkylation sites (tertiary alicyclic amines) is 1. The van der Waals surface area contributed by atoms with Crippen LogP contribution in [0.2, 0.25) is 0 Å². The van der Waals surface area contributed by atoms with E-state index in [1.165, 1.54) is 4.90 Å². The second-order valence-electron chi connectivity index (χ2n) is 5.22. The summed E-state index contributed by atoms with van der Waals surface area (Å²) in [6, 6.07) is 2.08. The van der Waals surface area contributed by atoms with E-state index in [-0.39, 0.29) is 24.8 Å². The predicted octanol–water partition coefficient (Wildman–Crippen LogP) is 1.09. The number of hydrogen-bond acceptors (Lipinski definition) is 4. The van der Waals surface area contributed by atoms with Crippen molar-refractivity contribution in [1.29, 1.82) is 5.26 Å². The highest BCUT2D eigenvalue weighted by atomic mass is 16.6. The fourth-order valence-electron chi connectivity index (χ4n) is 1.69. The van der Waals surface area contributed by atoms with E-state index in [9.17, 15) is 9.59 Å². The summed E-state index contributed by atoms with van der Waals surface area (Å²) in [5.41, 5.74) is -0.537. The van der Waals surface area contributed by atoms with E-state index in [1.54, 1.807) is 20.8 Å². The Labute approximate surface area is 101 Å². The van der Waals surface area contributed by atoms with E-state index in [2.05, 4.69) is 6.07 Å². The molecule has 1 heterocycles. The maximum atomic E-state index is 11.6. The average Bonchev–Trinajstić information content (AvgIpc) is 2.18. The SMILES string of the molecule is CC(C)(C)OC(=O)CN1CCC(C#N)CC1=O. The summed E-state index contributed by atoms with van der Waals surface area (Å²) in [4.78, 5) is 24.6. The van der Waals surface area contributed by atoms with Crippen molar-refractivity contribution < 1.29 is 14.3 Å². The van der Waals surface area contributed by atoms with Crippen molar-refractivity contribution >= 4 is 11.9 Å². The van der Waals surface area contributed by atoms with Crippen LogP contribution >= 0.6 is 0 Å². The van der Waals surface area contributed by atoms with E-state index in [4.69, 9.17) is 10.00 Å². The molecule has 94 valence electrons. The number of rotatable bonds is 2. The summed E-state index contributed by atoms with van der Waals surface area (Å²) in [5.74, 6) is -0.757. The van der Waals surface area contributed by atoms with Crippen molar-refractivity contribution in [2.75, 3.05) is 13.1 Å². The maximum Gasteiger partial charge on any atom is 0.326 e. The molecule has 5 heteroatoms. The van der Waals surface area contributed by atoms with Gasteiger partial charge in [-0.05, 0) is 27.2 Å². The average molecular weight is 238 g/mol. The molecule has 0 aromatic heterocycles. The molecule has 1 aliphatic rings. The van der Waals surface area contributed by atoms with Crippen molar-refractivity contribution in [2.24, 2.45) is 5.92 Å². The first kappa shape index (κ1) is 13.5. The molecular formula is C12H18N2O3. The molecule has 1 atom stereocenters. The minimum Gasteiger partial charge on any atom is -0.459 e. The van der Waals surface area contributed by atoms with Gasteiger partial charge in [-0.1, -0.05) is 0 Å². The van der Waals surface area contributed by atoms with Crippen molar-refractivity contribution in [1.82, 2.24) is 4.90 Å². The topological polar surface area (TPSA) is 70.4 Å². The smallest absolute Gasteiger partial charge is 0.326 e. The third-order valence-corrected chi connectivity index (χ3v) is 2.44. The third kappa shape index (κ3) is 4.43. The highest BCUT2D eigenvalue weighted by Gasteiger charge is 2.28. The number of carbonyl (C=O) groups is 2. The monoisotopic (exact) mass is 238 g/mol. The van der Waals surface area contributed by atoms with Gasteiger partial charge in [0.2, 0.25) is 5.91 Å². The second-order valence-corrected chi connectivity index (χ2v) is 5.22. The molecule has 0 radical (unpaired) electrons. The minimum absolute atomic E-state index is 0.0196.